The van der Waals surface area contributed by atoms with Crippen molar-refractivity contribution in [3.05, 3.63) is 0 Å². The van der Waals surface area contributed by atoms with Crippen molar-refractivity contribution in [2.75, 3.05) is 38.2 Å². The summed E-state index contributed by atoms with van der Waals surface area (Å²) in [7, 11) is 0. The maximum Gasteiger partial charge on any atom is 0.237 e. The minimum atomic E-state index is 0.136. The molecule has 19 heavy (non-hydrogen) atoms. The largest absolute Gasteiger partial charge is 0.355 e. The van der Waals surface area contributed by atoms with Crippen molar-refractivity contribution in [2.45, 2.75) is 44.2 Å². The maximum absolute atomic E-state index is 12.3. The van der Waals surface area contributed by atoms with Crippen molar-refractivity contribution < 1.29 is 4.79 Å². The van der Waals surface area contributed by atoms with Gasteiger partial charge in [0, 0.05) is 12.6 Å². The Morgan fingerprint density at radius 3 is 2.89 bits per heavy atom. The monoisotopic (exact) mass is 285 g/mol. The predicted octanol–water partition coefficient (Wildman–Crippen LogP) is 1.07. The van der Waals surface area contributed by atoms with Gasteiger partial charge in [0.15, 0.2) is 0 Å². The van der Waals surface area contributed by atoms with E-state index in [4.69, 9.17) is 0 Å². The Kier molecular flexibility index (Phi) is 6.47. The number of likely N-dealkylation sites (tertiary alicyclic amines) is 1. The molecule has 0 aromatic heterocycles. The fourth-order valence-corrected chi connectivity index (χ4v) is 3.62. The Bertz CT molecular complexity index is 282. The average molecular weight is 285 g/mol. The number of hydrogen-bond donors (Lipinski definition) is 2. The van der Waals surface area contributed by atoms with Crippen molar-refractivity contribution in [3.8, 4) is 0 Å². The lowest BCUT2D eigenvalue weighted by molar-refractivity contribution is -0.126. The fourth-order valence-electron chi connectivity index (χ4n) is 3.19. The number of carbonyl (C=O) groups excluding carboxylic acids is 1. The molecule has 110 valence electrons. The van der Waals surface area contributed by atoms with Gasteiger partial charge >= 0.3 is 0 Å². The molecule has 1 unspecified atom stereocenters. The summed E-state index contributed by atoms with van der Waals surface area (Å²) in [5, 5.41) is 6.52. The van der Waals surface area contributed by atoms with Crippen molar-refractivity contribution in [1.29, 1.82) is 0 Å². The van der Waals surface area contributed by atoms with E-state index in [9.17, 15) is 4.79 Å². The van der Waals surface area contributed by atoms with Gasteiger partial charge in [-0.1, -0.05) is 0 Å². The Morgan fingerprint density at radius 2 is 2.16 bits per heavy atom. The van der Waals surface area contributed by atoms with Gasteiger partial charge in [-0.25, -0.2) is 0 Å². The third-order valence-electron chi connectivity index (χ3n) is 4.20. The standard InChI is InChI=1S/C14H27N3OS/c1-19-11-3-7-16-14(18)13-4-2-10-17(13)12-5-8-15-9-6-12/h12-13,15H,2-11H2,1H3,(H,16,18). The lowest BCUT2D eigenvalue weighted by Crippen LogP contribution is -2.50. The van der Waals surface area contributed by atoms with Crippen LogP contribution in [0.5, 0.6) is 0 Å². The number of carbonyl (C=O) groups is 1. The van der Waals surface area contributed by atoms with Crippen LogP contribution in [0.15, 0.2) is 0 Å². The predicted molar refractivity (Wildman–Crippen MR) is 81.6 cm³/mol. The highest BCUT2D eigenvalue weighted by molar-refractivity contribution is 7.98. The van der Waals surface area contributed by atoms with Crippen LogP contribution in [0.25, 0.3) is 0 Å². The van der Waals surface area contributed by atoms with Gasteiger partial charge in [-0.2, -0.15) is 11.8 Å². The first-order valence-corrected chi connectivity index (χ1v) is 8.95. The van der Waals surface area contributed by atoms with Crippen LogP contribution in [0, 0.1) is 0 Å². The topological polar surface area (TPSA) is 44.4 Å². The molecule has 0 aromatic carbocycles. The first kappa shape index (κ1) is 15.1. The molecule has 1 atom stereocenters. The molecule has 1 amide bonds. The summed E-state index contributed by atoms with van der Waals surface area (Å²) in [6, 6.07) is 0.753. The molecule has 4 nitrogen and oxygen atoms in total. The van der Waals surface area contributed by atoms with Crippen molar-refractivity contribution in [2.24, 2.45) is 0 Å². The zero-order valence-corrected chi connectivity index (χ0v) is 12.8. The molecule has 0 saturated carbocycles. The van der Waals surface area contributed by atoms with Crippen LogP contribution in [-0.2, 0) is 4.79 Å². The lowest BCUT2D eigenvalue weighted by atomic mass is 10.0. The zero-order valence-electron chi connectivity index (χ0n) is 12.0. The molecular formula is C14H27N3OS. The summed E-state index contributed by atoms with van der Waals surface area (Å²) in [5.41, 5.74) is 0. The summed E-state index contributed by atoms with van der Waals surface area (Å²) in [5.74, 6) is 1.39. The molecule has 5 heteroatoms. The van der Waals surface area contributed by atoms with Crippen LogP contribution in [-0.4, -0.2) is 61.1 Å². The lowest BCUT2D eigenvalue weighted by Gasteiger charge is -2.35. The third kappa shape index (κ3) is 4.36. The van der Waals surface area contributed by atoms with E-state index in [1.165, 1.54) is 19.3 Å². The van der Waals surface area contributed by atoms with E-state index in [1.54, 1.807) is 0 Å². The summed E-state index contributed by atoms with van der Waals surface area (Å²) in [4.78, 5) is 14.7. The molecule has 0 aliphatic carbocycles. The van der Waals surface area contributed by atoms with E-state index >= 15 is 0 Å². The smallest absolute Gasteiger partial charge is 0.237 e. The molecule has 2 saturated heterocycles. The van der Waals surface area contributed by atoms with E-state index in [1.807, 2.05) is 11.8 Å². The summed E-state index contributed by atoms with van der Waals surface area (Å²) < 4.78 is 0. The molecule has 2 N–H and O–H groups in total. The van der Waals surface area contributed by atoms with Crippen LogP contribution in [0.4, 0.5) is 0 Å². The molecule has 0 aromatic rings. The number of rotatable bonds is 6. The molecule has 2 rings (SSSR count). The van der Waals surface area contributed by atoms with Gasteiger partial charge in [-0.05, 0) is 63.7 Å². The van der Waals surface area contributed by atoms with Crippen LogP contribution >= 0.6 is 11.8 Å². The van der Waals surface area contributed by atoms with Crippen LogP contribution in [0.3, 0.4) is 0 Å². The van der Waals surface area contributed by atoms with Crippen molar-refractivity contribution >= 4 is 17.7 Å². The summed E-state index contributed by atoms with van der Waals surface area (Å²) in [6.07, 6.45) is 7.78. The van der Waals surface area contributed by atoms with Gasteiger partial charge < -0.3 is 10.6 Å². The second-order valence-electron chi connectivity index (χ2n) is 5.51. The molecule has 0 radical (unpaired) electrons. The maximum atomic E-state index is 12.3. The van der Waals surface area contributed by atoms with E-state index in [0.29, 0.717) is 6.04 Å². The Morgan fingerprint density at radius 1 is 1.37 bits per heavy atom. The van der Waals surface area contributed by atoms with Crippen molar-refractivity contribution in [3.63, 3.8) is 0 Å². The van der Waals surface area contributed by atoms with Gasteiger partial charge in [-0.15, -0.1) is 0 Å². The third-order valence-corrected chi connectivity index (χ3v) is 4.90. The Hall–Kier alpha value is -0.260. The SMILES string of the molecule is CSCCCNC(=O)C1CCCN1C1CCNCC1. The van der Waals surface area contributed by atoms with Gasteiger partial charge in [0.25, 0.3) is 0 Å². The number of piperidine rings is 1. The van der Waals surface area contributed by atoms with Gasteiger partial charge in [0.1, 0.15) is 0 Å². The Labute approximate surface area is 121 Å². The van der Waals surface area contributed by atoms with Gasteiger partial charge in [0.05, 0.1) is 6.04 Å². The molecule has 0 spiro atoms. The first-order valence-electron chi connectivity index (χ1n) is 7.56. The van der Waals surface area contributed by atoms with E-state index in [0.717, 1.165) is 44.8 Å². The molecule has 0 bridgehead atoms. The second kappa shape index (κ2) is 8.12. The van der Waals surface area contributed by atoms with Crippen LogP contribution in [0.1, 0.15) is 32.1 Å². The van der Waals surface area contributed by atoms with Gasteiger partial charge in [-0.3, -0.25) is 9.69 Å². The Balaban J connectivity index is 1.78. The van der Waals surface area contributed by atoms with E-state index in [2.05, 4.69) is 21.8 Å². The normalized spacial score (nSPS) is 25.6. The fraction of sp³-hybridized carbons (Fsp3) is 0.929. The van der Waals surface area contributed by atoms with Crippen molar-refractivity contribution in [1.82, 2.24) is 15.5 Å². The van der Waals surface area contributed by atoms with E-state index in [-0.39, 0.29) is 11.9 Å². The summed E-state index contributed by atoms with van der Waals surface area (Å²) in [6.45, 7) is 4.14. The highest BCUT2D eigenvalue weighted by atomic mass is 32.2. The minimum Gasteiger partial charge on any atom is -0.355 e. The zero-order chi connectivity index (χ0) is 13.5. The second-order valence-corrected chi connectivity index (χ2v) is 6.50. The number of nitrogens with one attached hydrogen (secondary N) is 2. The van der Waals surface area contributed by atoms with Gasteiger partial charge in [0.2, 0.25) is 5.91 Å². The molecule has 2 aliphatic rings. The first-order chi connectivity index (χ1) is 9.33. The molecule has 2 fully saturated rings. The van der Waals surface area contributed by atoms with E-state index < -0.39 is 0 Å². The minimum absolute atomic E-state index is 0.136. The quantitative estimate of drug-likeness (QED) is 0.717. The number of amides is 1. The summed E-state index contributed by atoms with van der Waals surface area (Å²) >= 11 is 1.84. The van der Waals surface area contributed by atoms with Crippen LogP contribution in [0.2, 0.25) is 0 Å². The average Bonchev–Trinajstić information content (AvgIpc) is 2.94. The van der Waals surface area contributed by atoms with Crippen LogP contribution < -0.4 is 10.6 Å². The molecule has 2 heterocycles. The molecule has 2 aliphatic heterocycles. The number of hydrogen-bond acceptors (Lipinski definition) is 4. The highest BCUT2D eigenvalue weighted by Crippen LogP contribution is 2.24. The number of thioether (sulfide) groups is 1. The molecular weight excluding hydrogens is 258 g/mol. The number of nitrogens with zero attached hydrogens (tertiary/aromatic N) is 1. The highest BCUT2D eigenvalue weighted by Gasteiger charge is 2.35.